The number of hydrogen-bond acceptors (Lipinski definition) is 5. The van der Waals surface area contributed by atoms with E-state index < -0.39 is 5.97 Å². The molecule has 1 saturated carbocycles. The predicted octanol–water partition coefficient (Wildman–Crippen LogP) is 1.96. The van der Waals surface area contributed by atoms with E-state index in [0.29, 0.717) is 18.4 Å². The molecule has 0 heterocycles. The zero-order valence-corrected chi connectivity index (χ0v) is 11.4. The first-order valence-electron chi connectivity index (χ1n) is 5.99. The highest BCUT2D eigenvalue weighted by atomic mass is 16.5. The molecule has 0 radical (unpaired) electrons. The maximum Gasteiger partial charge on any atom is 0.333 e. The van der Waals surface area contributed by atoms with Gasteiger partial charge in [0.15, 0.2) is 0 Å². The molecular weight excluding hydrogens is 248 g/mol. The highest BCUT2D eigenvalue weighted by Crippen LogP contribution is 2.18. The summed E-state index contributed by atoms with van der Waals surface area (Å²) in [6, 6.07) is 0. The van der Waals surface area contributed by atoms with Crippen LogP contribution in [0.3, 0.4) is 0 Å². The van der Waals surface area contributed by atoms with Crippen LogP contribution in [0.25, 0.3) is 0 Å². The summed E-state index contributed by atoms with van der Waals surface area (Å²) in [6.45, 7) is 8.24. The van der Waals surface area contributed by atoms with Crippen LogP contribution in [0, 0.1) is 0 Å². The van der Waals surface area contributed by atoms with Crippen molar-refractivity contribution >= 4 is 17.7 Å². The maximum atomic E-state index is 11.1. The summed E-state index contributed by atoms with van der Waals surface area (Å²) in [4.78, 5) is 31.9. The molecule has 0 aromatic heterocycles. The van der Waals surface area contributed by atoms with Crippen molar-refractivity contribution in [3.05, 3.63) is 24.8 Å². The Hall–Kier alpha value is -1.91. The third-order valence-corrected chi connectivity index (χ3v) is 2.43. The van der Waals surface area contributed by atoms with Gasteiger partial charge in [0.05, 0.1) is 7.11 Å². The molecule has 1 aliphatic carbocycles. The van der Waals surface area contributed by atoms with Gasteiger partial charge in [0, 0.05) is 24.5 Å². The molecule has 19 heavy (non-hydrogen) atoms. The summed E-state index contributed by atoms with van der Waals surface area (Å²) in [5, 5.41) is 0. The van der Waals surface area contributed by atoms with Gasteiger partial charge in [-0.3, -0.25) is 4.79 Å². The summed E-state index contributed by atoms with van der Waals surface area (Å²) < 4.78 is 9.21. The highest BCUT2D eigenvalue weighted by molar-refractivity contribution is 5.87. The molecule has 0 aliphatic heterocycles. The minimum atomic E-state index is -0.394. The summed E-state index contributed by atoms with van der Waals surface area (Å²) >= 11 is 0. The highest BCUT2D eigenvalue weighted by Gasteiger charge is 2.22. The summed E-state index contributed by atoms with van der Waals surface area (Å²) in [6.07, 6.45) is 3.52. The number of esters is 2. The monoisotopic (exact) mass is 268 g/mol. The largest absolute Gasteiger partial charge is 0.466 e. The van der Waals surface area contributed by atoms with Gasteiger partial charge in [-0.1, -0.05) is 13.2 Å². The molecule has 5 nitrogen and oxygen atoms in total. The molecule has 0 bridgehead atoms. The third-order valence-electron chi connectivity index (χ3n) is 2.43. The van der Waals surface area contributed by atoms with Gasteiger partial charge in [-0.2, -0.15) is 0 Å². The molecule has 1 fully saturated rings. The van der Waals surface area contributed by atoms with Crippen LogP contribution in [-0.4, -0.2) is 30.9 Å². The molecule has 1 unspecified atom stereocenters. The Morgan fingerprint density at radius 1 is 1.42 bits per heavy atom. The fraction of sp³-hybridized carbons (Fsp3) is 0.500. The van der Waals surface area contributed by atoms with Crippen molar-refractivity contribution in [2.75, 3.05) is 7.11 Å². The molecule has 0 amide bonds. The number of ether oxygens (including phenoxy) is 2. The Labute approximate surface area is 113 Å². The number of hydrogen-bond donors (Lipinski definition) is 0. The van der Waals surface area contributed by atoms with Crippen molar-refractivity contribution < 1.29 is 23.9 Å². The van der Waals surface area contributed by atoms with E-state index in [2.05, 4.69) is 17.9 Å². The number of carbonyl (C=O) groups excluding carboxylic acids is 3. The van der Waals surface area contributed by atoms with E-state index in [9.17, 15) is 14.4 Å². The lowest BCUT2D eigenvalue weighted by atomic mass is 9.96. The van der Waals surface area contributed by atoms with E-state index in [0.717, 1.165) is 18.9 Å². The third kappa shape index (κ3) is 7.91. The number of carbonyl (C=O) groups is 3. The molecule has 106 valence electrons. The Balaban J connectivity index is 0.000000459. The summed E-state index contributed by atoms with van der Waals surface area (Å²) in [5.41, 5.74) is 0.387. The number of ketones is 1. The van der Waals surface area contributed by atoms with E-state index >= 15 is 0 Å². The van der Waals surface area contributed by atoms with Crippen LogP contribution in [-0.2, 0) is 23.9 Å². The Bertz CT molecular complexity index is 370. The smallest absolute Gasteiger partial charge is 0.333 e. The minimum absolute atomic E-state index is 0.186. The van der Waals surface area contributed by atoms with Gasteiger partial charge in [0.25, 0.3) is 0 Å². The average molecular weight is 268 g/mol. The van der Waals surface area contributed by atoms with E-state index in [1.54, 1.807) is 6.92 Å². The fourth-order valence-corrected chi connectivity index (χ4v) is 1.42. The van der Waals surface area contributed by atoms with E-state index in [-0.39, 0.29) is 17.9 Å². The van der Waals surface area contributed by atoms with Crippen molar-refractivity contribution in [3.63, 3.8) is 0 Å². The molecular formula is C14H20O5. The summed E-state index contributed by atoms with van der Waals surface area (Å²) in [5.74, 6) is -0.597. The van der Waals surface area contributed by atoms with E-state index in [1.807, 2.05) is 0 Å². The van der Waals surface area contributed by atoms with Gasteiger partial charge < -0.3 is 9.47 Å². The lowest BCUT2D eigenvalue weighted by Crippen LogP contribution is -2.25. The molecule has 0 saturated heterocycles. The van der Waals surface area contributed by atoms with Gasteiger partial charge in [0.2, 0.25) is 0 Å². The molecule has 0 aromatic carbocycles. The van der Waals surface area contributed by atoms with Crippen LogP contribution in [0.2, 0.25) is 0 Å². The second-order valence-electron chi connectivity index (χ2n) is 4.17. The lowest BCUT2D eigenvalue weighted by molar-refractivity contribution is -0.147. The SMILES string of the molecule is C=C(C)C(=O)OC1CCCC(=O)C1.C=CC(=O)OC. The molecule has 0 spiro atoms. The van der Waals surface area contributed by atoms with Crippen molar-refractivity contribution in [2.24, 2.45) is 0 Å². The number of Topliss-reactive ketones (excluding diaryl/α,β-unsaturated/α-hetero) is 1. The zero-order chi connectivity index (χ0) is 14.8. The van der Waals surface area contributed by atoms with Crippen molar-refractivity contribution in [1.82, 2.24) is 0 Å². The van der Waals surface area contributed by atoms with Gasteiger partial charge in [-0.15, -0.1) is 0 Å². The van der Waals surface area contributed by atoms with Crippen LogP contribution in [0.1, 0.15) is 32.6 Å². The predicted molar refractivity (Wildman–Crippen MR) is 70.4 cm³/mol. The van der Waals surface area contributed by atoms with E-state index in [1.165, 1.54) is 7.11 Å². The minimum Gasteiger partial charge on any atom is -0.466 e. The van der Waals surface area contributed by atoms with Gasteiger partial charge in [-0.25, -0.2) is 9.59 Å². The van der Waals surface area contributed by atoms with Gasteiger partial charge >= 0.3 is 11.9 Å². The zero-order valence-electron chi connectivity index (χ0n) is 11.4. The van der Waals surface area contributed by atoms with Crippen LogP contribution >= 0.6 is 0 Å². The molecule has 5 heteroatoms. The molecule has 0 N–H and O–H groups in total. The number of methoxy groups -OCH3 is 1. The van der Waals surface area contributed by atoms with Crippen LogP contribution in [0.15, 0.2) is 24.8 Å². The van der Waals surface area contributed by atoms with Crippen LogP contribution in [0.5, 0.6) is 0 Å². The Morgan fingerprint density at radius 2 is 2.05 bits per heavy atom. The Kier molecular flexibility index (Phi) is 8.17. The normalized spacial score (nSPS) is 17.6. The molecule has 1 aliphatic rings. The van der Waals surface area contributed by atoms with Crippen LogP contribution < -0.4 is 0 Å². The van der Waals surface area contributed by atoms with Crippen molar-refractivity contribution in [3.8, 4) is 0 Å². The molecule has 1 atom stereocenters. The Morgan fingerprint density at radius 3 is 2.42 bits per heavy atom. The van der Waals surface area contributed by atoms with Crippen molar-refractivity contribution in [1.29, 1.82) is 0 Å². The van der Waals surface area contributed by atoms with E-state index in [4.69, 9.17) is 4.74 Å². The standard InChI is InChI=1S/C10H14O3.C4H6O2/c1-7(2)10(12)13-9-5-3-4-8(11)6-9;1-3-4(5)6-2/h9H,1,3-6H2,2H3;3H,1H2,2H3. The first-order chi connectivity index (χ1) is 8.90. The molecule has 1 rings (SSSR count). The second-order valence-corrected chi connectivity index (χ2v) is 4.17. The first-order valence-corrected chi connectivity index (χ1v) is 5.99. The maximum absolute atomic E-state index is 11.1. The molecule has 0 aromatic rings. The van der Waals surface area contributed by atoms with Crippen LogP contribution in [0.4, 0.5) is 0 Å². The number of rotatable bonds is 3. The topological polar surface area (TPSA) is 69.7 Å². The lowest BCUT2D eigenvalue weighted by Gasteiger charge is -2.20. The quantitative estimate of drug-likeness (QED) is 0.578. The average Bonchev–Trinajstić information content (AvgIpc) is 2.38. The second kappa shape index (κ2) is 9.08. The fourth-order valence-electron chi connectivity index (χ4n) is 1.42. The van der Waals surface area contributed by atoms with Gasteiger partial charge in [0.1, 0.15) is 11.9 Å². The first kappa shape index (κ1) is 17.1. The van der Waals surface area contributed by atoms with Crippen molar-refractivity contribution in [2.45, 2.75) is 38.7 Å². The summed E-state index contributed by atoms with van der Waals surface area (Å²) in [7, 11) is 1.31. The van der Waals surface area contributed by atoms with Gasteiger partial charge in [-0.05, 0) is 19.8 Å².